The maximum atomic E-state index is 12.7. The highest BCUT2D eigenvalue weighted by molar-refractivity contribution is 6.09. The lowest BCUT2D eigenvalue weighted by Crippen LogP contribution is -2.59. The SMILES string of the molecule is CCn1c2ccccc2c2cc(NC(=O)CCC(=O)NC34CC5CC(CC(C5)C3)C4)ccc21. The summed E-state index contributed by atoms with van der Waals surface area (Å²) >= 11 is 0. The molecule has 4 saturated carbocycles. The Balaban J connectivity index is 1.10. The van der Waals surface area contributed by atoms with Gasteiger partial charge in [0.05, 0.1) is 0 Å². The fraction of sp³-hybridized carbons (Fsp3) is 0.500. The number of fused-ring (bicyclic) bond motifs is 3. The monoisotopic (exact) mass is 443 g/mol. The van der Waals surface area contributed by atoms with Crippen molar-refractivity contribution in [2.45, 2.75) is 70.4 Å². The third kappa shape index (κ3) is 3.71. The van der Waals surface area contributed by atoms with Crippen molar-refractivity contribution in [3.8, 4) is 0 Å². The third-order valence-corrected chi connectivity index (χ3v) is 8.39. The van der Waals surface area contributed by atoms with Crippen LogP contribution in [0.1, 0.15) is 58.3 Å². The van der Waals surface area contributed by atoms with Gasteiger partial charge in [0.15, 0.2) is 0 Å². The summed E-state index contributed by atoms with van der Waals surface area (Å²) in [6.07, 6.45) is 7.97. The summed E-state index contributed by atoms with van der Waals surface area (Å²) in [6, 6.07) is 14.5. The second kappa shape index (κ2) is 7.89. The number of nitrogens with one attached hydrogen (secondary N) is 2. The van der Waals surface area contributed by atoms with Crippen molar-refractivity contribution in [3.05, 3.63) is 42.5 Å². The Morgan fingerprint density at radius 2 is 1.52 bits per heavy atom. The van der Waals surface area contributed by atoms with Crippen molar-refractivity contribution in [2.75, 3.05) is 5.32 Å². The van der Waals surface area contributed by atoms with E-state index in [9.17, 15) is 9.59 Å². The number of nitrogens with zero attached hydrogens (tertiary/aromatic N) is 1. The number of aromatic nitrogens is 1. The number of anilines is 1. The lowest BCUT2D eigenvalue weighted by atomic mass is 9.53. The molecule has 5 heteroatoms. The third-order valence-electron chi connectivity index (χ3n) is 8.39. The predicted molar refractivity (Wildman–Crippen MR) is 132 cm³/mol. The lowest BCUT2D eigenvalue weighted by molar-refractivity contribution is -0.129. The predicted octanol–water partition coefficient (Wildman–Crippen LogP) is 5.62. The van der Waals surface area contributed by atoms with E-state index >= 15 is 0 Å². The normalized spacial score (nSPS) is 27.8. The quantitative estimate of drug-likeness (QED) is 0.519. The molecule has 1 aromatic heterocycles. The van der Waals surface area contributed by atoms with Gasteiger partial charge >= 0.3 is 0 Å². The summed E-state index contributed by atoms with van der Waals surface area (Å²) in [6.45, 7) is 3.05. The van der Waals surface area contributed by atoms with E-state index in [1.807, 2.05) is 6.07 Å². The molecule has 3 aromatic rings. The van der Waals surface area contributed by atoms with Gasteiger partial charge in [-0.2, -0.15) is 0 Å². The molecular weight excluding hydrogens is 410 g/mol. The zero-order chi connectivity index (χ0) is 22.6. The van der Waals surface area contributed by atoms with Crippen LogP contribution in [0.5, 0.6) is 0 Å². The van der Waals surface area contributed by atoms with Gasteiger partial charge in [-0.05, 0) is 87.5 Å². The molecule has 0 aliphatic heterocycles. The summed E-state index contributed by atoms with van der Waals surface area (Å²) < 4.78 is 2.30. The molecule has 1 heterocycles. The van der Waals surface area contributed by atoms with Crippen LogP contribution in [-0.4, -0.2) is 21.9 Å². The van der Waals surface area contributed by atoms with E-state index in [0.717, 1.165) is 54.6 Å². The van der Waals surface area contributed by atoms with Gasteiger partial charge in [-0.15, -0.1) is 0 Å². The minimum atomic E-state index is -0.103. The van der Waals surface area contributed by atoms with Crippen LogP contribution in [0.3, 0.4) is 0 Å². The van der Waals surface area contributed by atoms with Crippen LogP contribution in [0.15, 0.2) is 42.5 Å². The molecule has 172 valence electrons. The highest BCUT2D eigenvalue weighted by Gasteiger charge is 2.51. The molecule has 33 heavy (non-hydrogen) atoms. The number of aryl methyl sites for hydroxylation is 1. The Morgan fingerprint density at radius 3 is 2.21 bits per heavy atom. The molecule has 5 nitrogen and oxygen atoms in total. The number of para-hydroxylation sites is 1. The fourth-order valence-electron chi connectivity index (χ4n) is 7.54. The first kappa shape index (κ1) is 20.8. The molecule has 0 radical (unpaired) electrons. The molecule has 2 aromatic carbocycles. The van der Waals surface area contributed by atoms with E-state index in [2.05, 4.69) is 58.5 Å². The summed E-state index contributed by atoms with van der Waals surface area (Å²) in [4.78, 5) is 25.4. The van der Waals surface area contributed by atoms with E-state index in [-0.39, 0.29) is 30.2 Å². The molecule has 0 unspecified atom stereocenters. The van der Waals surface area contributed by atoms with Crippen molar-refractivity contribution < 1.29 is 9.59 Å². The van der Waals surface area contributed by atoms with Gasteiger partial charge in [0.25, 0.3) is 0 Å². The highest BCUT2D eigenvalue weighted by Crippen LogP contribution is 2.55. The standard InChI is InChI=1S/C28H33N3O2/c1-2-31-24-6-4-3-5-22(24)23-14-21(7-8-25(23)31)29-26(32)9-10-27(33)30-28-15-18-11-19(16-28)13-20(12-18)17-28/h3-8,14,18-20H,2,9-13,15-17H2,1H3,(H,29,32)(H,30,33). The first-order valence-corrected chi connectivity index (χ1v) is 12.6. The number of amides is 2. The molecule has 2 N–H and O–H groups in total. The van der Waals surface area contributed by atoms with Gasteiger partial charge in [0.1, 0.15) is 0 Å². The summed E-state index contributed by atoms with van der Waals surface area (Å²) in [5.74, 6) is 2.33. The molecule has 0 saturated heterocycles. The Labute approximate surface area is 194 Å². The topological polar surface area (TPSA) is 63.1 Å². The second-order valence-corrected chi connectivity index (χ2v) is 10.8. The van der Waals surface area contributed by atoms with Gasteiger partial charge < -0.3 is 15.2 Å². The second-order valence-electron chi connectivity index (χ2n) is 10.8. The van der Waals surface area contributed by atoms with Gasteiger partial charge in [-0.1, -0.05) is 18.2 Å². The van der Waals surface area contributed by atoms with E-state index < -0.39 is 0 Å². The van der Waals surface area contributed by atoms with Crippen LogP contribution in [0.4, 0.5) is 5.69 Å². The summed E-state index contributed by atoms with van der Waals surface area (Å²) in [7, 11) is 0. The Bertz CT molecular complexity index is 1210. The number of carbonyl (C=O) groups excluding carboxylic acids is 2. The summed E-state index contributed by atoms with van der Waals surface area (Å²) in [5.41, 5.74) is 3.18. The van der Waals surface area contributed by atoms with Crippen LogP contribution in [0, 0.1) is 17.8 Å². The molecule has 2 amide bonds. The molecule has 0 spiro atoms. The van der Waals surface area contributed by atoms with Crippen molar-refractivity contribution >= 4 is 39.3 Å². The van der Waals surface area contributed by atoms with Gasteiger partial charge in [0, 0.05) is 52.4 Å². The molecule has 7 rings (SSSR count). The molecule has 4 aliphatic carbocycles. The van der Waals surface area contributed by atoms with Crippen molar-refractivity contribution in [1.82, 2.24) is 9.88 Å². The Morgan fingerprint density at radius 1 is 0.879 bits per heavy atom. The van der Waals surface area contributed by atoms with E-state index in [0.29, 0.717) is 0 Å². The fourth-order valence-corrected chi connectivity index (χ4v) is 7.54. The van der Waals surface area contributed by atoms with Crippen LogP contribution >= 0.6 is 0 Å². The molecule has 0 atom stereocenters. The largest absolute Gasteiger partial charge is 0.351 e. The van der Waals surface area contributed by atoms with Crippen molar-refractivity contribution in [1.29, 1.82) is 0 Å². The van der Waals surface area contributed by atoms with E-state index in [1.165, 1.54) is 35.7 Å². The number of rotatable bonds is 6. The number of hydrogen-bond donors (Lipinski definition) is 2. The first-order chi connectivity index (χ1) is 16.0. The number of carbonyl (C=O) groups is 2. The Hall–Kier alpha value is -2.82. The molecule has 4 bridgehead atoms. The zero-order valence-electron chi connectivity index (χ0n) is 19.4. The Kier molecular flexibility index (Phi) is 4.97. The lowest BCUT2D eigenvalue weighted by Gasteiger charge is -2.56. The number of benzene rings is 2. The van der Waals surface area contributed by atoms with Crippen LogP contribution in [0.2, 0.25) is 0 Å². The average Bonchev–Trinajstić information content (AvgIpc) is 3.09. The average molecular weight is 444 g/mol. The van der Waals surface area contributed by atoms with Crippen LogP contribution in [-0.2, 0) is 16.1 Å². The number of hydrogen-bond acceptors (Lipinski definition) is 2. The zero-order valence-corrected chi connectivity index (χ0v) is 19.4. The molecular formula is C28H33N3O2. The molecule has 4 fully saturated rings. The van der Waals surface area contributed by atoms with Crippen molar-refractivity contribution in [3.63, 3.8) is 0 Å². The van der Waals surface area contributed by atoms with Gasteiger partial charge in [-0.3, -0.25) is 9.59 Å². The minimum absolute atomic E-state index is 0.0147. The van der Waals surface area contributed by atoms with Gasteiger partial charge in [-0.25, -0.2) is 0 Å². The van der Waals surface area contributed by atoms with Gasteiger partial charge in [0.2, 0.25) is 11.8 Å². The molecule has 4 aliphatic rings. The smallest absolute Gasteiger partial charge is 0.224 e. The van der Waals surface area contributed by atoms with Crippen LogP contribution in [0.25, 0.3) is 21.8 Å². The maximum Gasteiger partial charge on any atom is 0.224 e. The summed E-state index contributed by atoms with van der Waals surface area (Å²) in [5, 5.41) is 8.73. The van der Waals surface area contributed by atoms with Crippen LogP contribution < -0.4 is 10.6 Å². The highest BCUT2D eigenvalue weighted by atomic mass is 16.2. The van der Waals surface area contributed by atoms with Crippen molar-refractivity contribution in [2.24, 2.45) is 17.8 Å². The van der Waals surface area contributed by atoms with E-state index in [1.54, 1.807) is 0 Å². The maximum absolute atomic E-state index is 12.7. The first-order valence-electron chi connectivity index (χ1n) is 12.6. The van der Waals surface area contributed by atoms with E-state index in [4.69, 9.17) is 0 Å². The minimum Gasteiger partial charge on any atom is -0.351 e.